The number of nitrogens with one attached hydrogen (secondary N) is 1. The molecule has 1 fully saturated rings. The van der Waals surface area contributed by atoms with Gasteiger partial charge in [-0.05, 0) is 13.0 Å². The zero-order chi connectivity index (χ0) is 15.2. The Morgan fingerprint density at radius 2 is 2.33 bits per heavy atom. The Labute approximate surface area is 122 Å². The second-order valence-electron chi connectivity index (χ2n) is 4.69. The number of hydrogen-bond acceptors (Lipinski definition) is 5. The number of carbonyl (C=O) groups excluding carboxylic acids is 1. The Morgan fingerprint density at radius 1 is 1.52 bits per heavy atom. The maximum Gasteiger partial charge on any atom is 0.318 e. The van der Waals surface area contributed by atoms with Crippen molar-refractivity contribution in [1.29, 1.82) is 0 Å². The van der Waals surface area contributed by atoms with Crippen molar-refractivity contribution < 1.29 is 19.4 Å². The summed E-state index contributed by atoms with van der Waals surface area (Å²) >= 11 is 0. The van der Waals surface area contributed by atoms with E-state index < -0.39 is 17.9 Å². The topological polar surface area (TPSA) is 105 Å². The zero-order valence-corrected chi connectivity index (χ0v) is 11.7. The van der Waals surface area contributed by atoms with Gasteiger partial charge in [-0.3, -0.25) is 4.79 Å². The molecule has 21 heavy (non-hydrogen) atoms. The largest absolute Gasteiger partial charge is 0.481 e. The lowest BCUT2D eigenvalue weighted by Gasteiger charge is -2.29. The second-order valence-corrected chi connectivity index (χ2v) is 4.69. The predicted molar refractivity (Wildman–Crippen MR) is 72.4 cm³/mol. The number of carboxylic acids is 1. The van der Waals surface area contributed by atoms with Crippen molar-refractivity contribution in [3.05, 3.63) is 24.3 Å². The Morgan fingerprint density at radius 3 is 2.95 bits per heavy atom. The van der Waals surface area contributed by atoms with E-state index in [2.05, 4.69) is 15.3 Å². The van der Waals surface area contributed by atoms with Gasteiger partial charge in [-0.15, -0.1) is 0 Å². The molecule has 1 aromatic rings. The minimum atomic E-state index is -0.945. The first-order valence-corrected chi connectivity index (χ1v) is 6.73. The van der Waals surface area contributed by atoms with E-state index in [-0.39, 0.29) is 25.8 Å². The molecule has 1 aromatic heterocycles. The molecule has 0 aliphatic carbocycles. The van der Waals surface area contributed by atoms with Crippen LogP contribution in [0.5, 0.6) is 0 Å². The van der Waals surface area contributed by atoms with Crippen molar-refractivity contribution in [2.45, 2.75) is 19.5 Å². The molecule has 2 amide bonds. The molecular formula is C13H18N4O4. The molecule has 8 nitrogen and oxygen atoms in total. The lowest BCUT2D eigenvalue weighted by atomic mass is 10.0. The Hall–Kier alpha value is -2.22. The van der Waals surface area contributed by atoms with Gasteiger partial charge in [0, 0.05) is 12.7 Å². The lowest BCUT2D eigenvalue weighted by Crippen LogP contribution is -2.50. The normalized spacial score (nSPS) is 21.0. The molecule has 2 unspecified atom stereocenters. The van der Waals surface area contributed by atoms with Crippen molar-refractivity contribution in [2.75, 3.05) is 19.8 Å². The third-order valence-corrected chi connectivity index (χ3v) is 3.43. The van der Waals surface area contributed by atoms with Crippen LogP contribution in [0.1, 0.15) is 12.6 Å². The first kappa shape index (κ1) is 15.2. The Balaban J connectivity index is 1.97. The number of urea groups is 1. The standard InChI is InChI=1S/C13H18N4O4/c1-2-17(11-7-21-6-10(11)12(18)19)13(20)15-5-9-3-4-14-8-16-9/h3-4,8,10-11H,2,5-7H2,1H3,(H,15,20)(H,18,19). The van der Waals surface area contributed by atoms with Gasteiger partial charge >= 0.3 is 12.0 Å². The molecule has 0 spiro atoms. The first-order valence-electron chi connectivity index (χ1n) is 6.73. The number of nitrogens with zero attached hydrogens (tertiary/aromatic N) is 3. The van der Waals surface area contributed by atoms with Crippen LogP contribution in [0.25, 0.3) is 0 Å². The van der Waals surface area contributed by atoms with Crippen LogP contribution in [0.3, 0.4) is 0 Å². The Bertz CT molecular complexity index is 496. The zero-order valence-electron chi connectivity index (χ0n) is 11.7. The summed E-state index contributed by atoms with van der Waals surface area (Å²) in [6.07, 6.45) is 3.00. The number of amides is 2. The molecule has 1 saturated heterocycles. The van der Waals surface area contributed by atoms with Crippen LogP contribution in [-0.2, 0) is 16.1 Å². The highest BCUT2D eigenvalue weighted by atomic mass is 16.5. The number of aromatic nitrogens is 2. The highest BCUT2D eigenvalue weighted by molar-refractivity contribution is 5.77. The van der Waals surface area contributed by atoms with Gasteiger partial charge in [0.1, 0.15) is 12.2 Å². The molecule has 114 valence electrons. The number of ether oxygens (including phenoxy) is 1. The van der Waals surface area contributed by atoms with Crippen LogP contribution in [0.4, 0.5) is 4.79 Å². The summed E-state index contributed by atoms with van der Waals surface area (Å²) in [5, 5.41) is 11.9. The van der Waals surface area contributed by atoms with Gasteiger partial charge < -0.3 is 20.1 Å². The molecule has 2 atom stereocenters. The molecular weight excluding hydrogens is 276 g/mol. The monoisotopic (exact) mass is 294 g/mol. The number of carbonyl (C=O) groups is 2. The Kier molecular flexibility index (Phi) is 5.04. The molecule has 1 aliphatic rings. The van der Waals surface area contributed by atoms with E-state index in [0.29, 0.717) is 12.2 Å². The number of hydrogen-bond donors (Lipinski definition) is 2. The summed E-state index contributed by atoms with van der Waals surface area (Å²) in [6.45, 7) is 2.86. The summed E-state index contributed by atoms with van der Waals surface area (Å²) in [4.78, 5) is 32.7. The van der Waals surface area contributed by atoms with E-state index in [4.69, 9.17) is 9.84 Å². The molecule has 2 heterocycles. The smallest absolute Gasteiger partial charge is 0.318 e. The third kappa shape index (κ3) is 3.66. The second kappa shape index (κ2) is 6.98. The van der Waals surface area contributed by atoms with Crippen LogP contribution >= 0.6 is 0 Å². The average molecular weight is 294 g/mol. The highest BCUT2D eigenvalue weighted by Gasteiger charge is 2.39. The van der Waals surface area contributed by atoms with Crippen LogP contribution in [0.15, 0.2) is 18.6 Å². The highest BCUT2D eigenvalue weighted by Crippen LogP contribution is 2.20. The van der Waals surface area contributed by atoms with Gasteiger partial charge in [0.2, 0.25) is 0 Å². The number of likely N-dealkylation sites (N-methyl/N-ethyl adjacent to an activating group) is 1. The molecule has 8 heteroatoms. The van der Waals surface area contributed by atoms with E-state index in [1.807, 2.05) is 6.92 Å². The van der Waals surface area contributed by atoms with Gasteiger partial charge in [0.05, 0.1) is 31.5 Å². The maximum absolute atomic E-state index is 12.2. The molecule has 2 N–H and O–H groups in total. The van der Waals surface area contributed by atoms with Crippen LogP contribution in [-0.4, -0.2) is 57.8 Å². The van der Waals surface area contributed by atoms with Crippen molar-refractivity contribution in [2.24, 2.45) is 5.92 Å². The third-order valence-electron chi connectivity index (χ3n) is 3.43. The fraction of sp³-hybridized carbons (Fsp3) is 0.538. The minimum absolute atomic E-state index is 0.135. The van der Waals surface area contributed by atoms with E-state index in [0.717, 1.165) is 0 Å². The van der Waals surface area contributed by atoms with E-state index in [1.165, 1.54) is 11.2 Å². The molecule has 0 saturated carbocycles. The molecule has 0 bridgehead atoms. The van der Waals surface area contributed by atoms with Gasteiger partial charge in [-0.25, -0.2) is 14.8 Å². The quantitative estimate of drug-likeness (QED) is 0.798. The van der Waals surface area contributed by atoms with E-state index in [9.17, 15) is 9.59 Å². The fourth-order valence-corrected chi connectivity index (χ4v) is 2.31. The van der Waals surface area contributed by atoms with Crippen molar-refractivity contribution in [1.82, 2.24) is 20.2 Å². The summed E-state index contributed by atoms with van der Waals surface area (Å²) in [5.74, 6) is -1.63. The SMILES string of the molecule is CCN(C(=O)NCc1ccncn1)C1COCC1C(=O)O. The summed E-state index contributed by atoms with van der Waals surface area (Å²) in [6, 6.07) is 0.936. The van der Waals surface area contributed by atoms with E-state index in [1.54, 1.807) is 12.3 Å². The van der Waals surface area contributed by atoms with Crippen molar-refractivity contribution in [3.63, 3.8) is 0 Å². The minimum Gasteiger partial charge on any atom is -0.481 e. The van der Waals surface area contributed by atoms with Gasteiger partial charge in [-0.2, -0.15) is 0 Å². The summed E-state index contributed by atoms with van der Waals surface area (Å²) in [7, 11) is 0. The van der Waals surface area contributed by atoms with Crippen molar-refractivity contribution >= 4 is 12.0 Å². The van der Waals surface area contributed by atoms with E-state index >= 15 is 0 Å². The molecule has 0 aromatic carbocycles. The molecule has 0 radical (unpaired) electrons. The predicted octanol–water partition coefficient (Wildman–Crippen LogP) is 0.108. The summed E-state index contributed by atoms with van der Waals surface area (Å²) in [5.41, 5.74) is 0.687. The van der Waals surface area contributed by atoms with Crippen LogP contribution in [0.2, 0.25) is 0 Å². The lowest BCUT2D eigenvalue weighted by molar-refractivity contribution is -0.142. The number of rotatable bonds is 5. The van der Waals surface area contributed by atoms with Crippen molar-refractivity contribution in [3.8, 4) is 0 Å². The number of carboxylic acid groups (broad SMARTS) is 1. The molecule has 2 rings (SSSR count). The van der Waals surface area contributed by atoms with Gasteiger partial charge in [-0.1, -0.05) is 0 Å². The van der Waals surface area contributed by atoms with Gasteiger partial charge in [0.15, 0.2) is 0 Å². The summed E-state index contributed by atoms with van der Waals surface area (Å²) < 4.78 is 5.20. The number of aliphatic carboxylic acids is 1. The molecule has 1 aliphatic heterocycles. The average Bonchev–Trinajstić information content (AvgIpc) is 2.96. The maximum atomic E-state index is 12.2. The van der Waals surface area contributed by atoms with Crippen LogP contribution in [0, 0.1) is 5.92 Å². The first-order chi connectivity index (χ1) is 10.1. The fourth-order valence-electron chi connectivity index (χ4n) is 2.31. The van der Waals surface area contributed by atoms with Crippen LogP contribution < -0.4 is 5.32 Å². The van der Waals surface area contributed by atoms with Gasteiger partial charge in [0.25, 0.3) is 0 Å².